The Kier molecular flexibility index (Phi) is 2.86. The van der Waals surface area contributed by atoms with Gasteiger partial charge in [-0.25, -0.2) is 26.7 Å². The molecule has 0 aliphatic carbocycles. The van der Waals surface area contributed by atoms with E-state index in [-0.39, 0.29) is 0 Å². The topological polar surface area (TPSA) is 93.0 Å². The van der Waals surface area contributed by atoms with Crippen LogP contribution in [0.2, 0.25) is 0 Å². The predicted molar refractivity (Wildman–Crippen MR) is 43.4 cm³/mol. The van der Waals surface area contributed by atoms with Gasteiger partial charge in [0.15, 0.2) is 5.82 Å². The molecule has 84 valence electrons. The van der Waals surface area contributed by atoms with E-state index in [2.05, 4.69) is 5.14 Å². The number of aromatic nitrogens is 1. The van der Waals surface area contributed by atoms with Crippen molar-refractivity contribution in [3.05, 3.63) is 27.9 Å². The molecule has 9 heteroatoms. The van der Waals surface area contributed by atoms with Crippen LogP contribution in [0.3, 0.4) is 0 Å². The number of sulfonamides is 1. The Balaban J connectivity index is 3.64. The SMILES string of the molecule is NS(=O)(=O)c1cc(=O)[nH]c(C(F)F)c1F. The Morgan fingerprint density at radius 2 is 1.93 bits per heavy atom. The fourth-order valence-electron chi connectivity index (χ4n) is 0.896. The number of hydrogen-bond donors (Lipinski definition) is 2. The first-order chi connectivity index (χ1) is 6.73. The Morgan fingerprint density at radius 1 is 1.40 bits per heavy atom. The Labute approximate surface area is 81.8 Å². The highest BCUT2D eigenvalue weighted by molar-refractivity contribution is 7.89. The lowest BCUT2D eigenvalue weighted by Crippen LogP contribution is -2.21. The van der Waals surface area contributed by atoms with Crippen molar-refractivity contribution in [1.29, 1.82) is 0 Å². The molecule has 3 N–H and O–H groups in total. The number of pyridine rings is 1. The third-order valence-corrected chi connectivity index (χ3v) is 2.41. The molecule has 1 rings (SSSR count). The number of alkyl halides is 2. The van der Waals surface area contributed by atoms with Gasteiger partial charge in [0.2, 0.25) is 15.6 Å². The summed E-state index contributed by atoms with van der Waals surface area (Å²) in [5.74, 6) is -1.74. The Hall–Kier alpha value is -1.35. The quantitative estimate of drug-likeness (QED) is 0.770. The van der Waals surface area contributed by atoms with Crippen LogP contribution in [-0.2, 0) is 10.0 Å². The van der Waals surface area contributed by atoms with Crippen molar-refractivity contribution >= 4 is 10.0 Å². The maximum atomic E-state index is 13.1. The zero-order valence-corrected chi connectivity index (χ0v) is 7.82. The molecule has 0 aromatic carbocycles. The number of H-pyrrole nitrogens is 1. The molecule has 0 aliphatic rings. The fourth-order valence-corrected chi connectivity index (χ4v) is 1.53. The summed E-state index contributed by atoms with van der Waals surface area (Å²) in [7, 11) is -4.54. The van der Waals surface area contributed by atoms with E-state index < -0.39 is 38.4 Å². The van der Waals surface area contributed by atoms with E-state index in [1.165, 1.54) is 4.98 Å². The van der Waals surface area contributed by atoms with Gasteiger partial charge in [0, 0.05) is 6.07 Å². The second-order valence-corrected chi connectivity index (χ2v) is 4.10. The van der Waals surface area contributed by atoms with Crippen molar-refractivity contribution in [1.82, 2.24) is 4.98 Å². The number of hydrogen-bond acceptors (Lipinski definition) is 3. The molecular weight excluding hydrogens is 237 g/mol. The van der Waals surface area contributed by atoms with Crippen molar-refractivity contribution in [3.63, 3.8) is 0 Å². The maximum absolute atomic E-state index is 13.1. The van der Waals surface area contributed by atoms with E-state index in [1.807, 2.05) is 0 Å². The van der Waals surface area contributed by atoms with E-state index in [1.54, 1.807) is 0 Å². The van der Waals surface area contributed by atoms with Gasteiger partial charge in [-0.3, -0.25) is 4.79 Å². The van der Waals surface area contributed by atoms with Crippen LogP contribution < -0.4 is 10.7 Å². The number of nitrogens with two attached hydrogens (primary N) is 1. The molecule has 0 atom stereocenters. The van der Waals surface area contributed by atoms with Crippen LogP contribution in [0.5, 0.6) is 0 Å². The summed E-state index contributed by atoms with van der Waals surface area (Å²) in [6.07, 6.45) is -3.33. The zero-order chi connectivity index (χ0) is 11.8. The smallest absolute Gasteiger partial charge is 0.281 e. The van der Waals surface area contributed by atoms with Crippen molar-refractivity contribution in [2.24, 2.45) is 5.14 Å². The standard InChI is InChI=1S/C6H5F3N2O3S/c7-4-2(15(10,13)14)1-3(12)11-5(4)6(8)9/h1,6H,(H,11,12)(H2,10,13,14). The van der Waals surface area contributed by atoms with Crippen molar-refractivity contribution < 1.29 is 21.6 Å². The summed E-state index contributed by atoms with van der Waals surface area (Å²) in [5, 5.41) is 4.53. The third-order valence-electron chi connectivity index (χ3n) is 1.50. The molecule has 15 heavy (non-hydrogen) atoms. The van der Waals surface area contributed by atoms with Crippen molar-refractivity contribution in [2.45, 2.75) is 11.3 Å². The van der Waals surface area contributed by atoms with Gasteiger partial charge >= 0.3 is 0 Å². The van der Waals surface area contributed by atoms with Gasteiger partial charge in [0.05, 0.1) is 0 Å². The number of primary sulfonamides is 1. The van der Waals surface area contributed by atoms with E-state index >= 15 is 0 Å². The summed E-state index contributed by atoms with van der Waals surface area (Å²) < 4.78 is 58.8. The normalized spacial score (nSPS) is 12.1. The lowest BCUT2D eigenvalue weighted by molar-refractivity contribution is 0.139. The van der Waals surface area contributed by atoms with Gasteiger partial charge < -0.3 is 4.98 Å². The molecule has 0 spiro atoms. The van der Waals surface area contributed by atoms with Crippen LogP contribution in [0.15, 0.2) is 15.8 Å². The lowest BCUT2D eigenvalue weighted by Gasteiger charge is -2.04. The van der Waals surface area contributed by atoms with Crippen LogP contribution in [0.1, 0.15) is 12.1 Å². The van der Waals surface area contributed by atoms with Gasteiger partial charge in [-0.05, 0) is 0 Å². The van der Waals surface area contributed by atoms with Crippen LogP contribution >= 0.6 is 0 Å². The summed E-state index contributed by atoms with van der Waals surface area (Å²) >= 11 is 0. The molecule has 1 heterocycles. The highest BCUT2D eigenvalue weighted by Crippen LogP contribution is 2.22. The average Bonchev–Trinajstić information content (AvgIpc) is 2.06. The van der Waals surface area contributed by atoms with Crippen LogP contribution in [0.4, 0.5) is 13.2 Å². The lowest BCUT2D eigenvalue weighted by atomic mass is 10.3. The Morgan fingerprint density at radius 3 is 2.33 bits per heavy atom. The minimum atomic E-state index is -4.54. The van der Waals surface area contributed by atoms with E-state index in [4.69, 9.17) is 0 Å². The van der Waals surface area contributed by atoms with Crippen molar-refractivity contribution in [2.75, 3.05) is 0 Å². The molecule has 0 saturated carbocycles. The molecule has 1 aromatic rings. The van der Waals surface area contributed by atoms with E-state index in [9.17, 15) is 26.4 Å². The van der Waals surface area contributed by atoms with Gasteiger partial charge in [-0.15, -0.1) is 0 Å². The number of halogens is 3. The minimum Gasteiger partial charge on any atom is -0.319 e. The third kappa shape index (κ3) is 2.36. The second kappa shape index (κ2) is 3.66. The average molecular weight is 242 g/mol. The molecule has 0 amide bonds. The van der Waals surface area contributed by atoms with Crippen LogP contribution in [0.25, 0.3) is 0 Å². The predicted octanol–water partition coefficient (Wildman–Crippen LogP) is 0.0990. The second-order valence-electron chi connectivity index (χ2n) is 2.57. The first kappa shape index (κ1) is 11.7. The van der Waals surface area contributed by atoms with Gasteiger partial charge in [-0.2, -0.15) is 0 Å². The first-order valence-electron chi connectivity index (χ1n) is 3.47. The summed E-state index contributed by atoms with van der Waals surface area (Å²) in [6, 6.07) is 0.302. The molecule has 0 saturated heterocycles. The maximum Gasteiger partial charge on any atom is 0.281 e. The summed E-state index contributed by atoms with van der Waals surface area (Å²) in [5.41, 5.74) is -2.57. The molecular formula is C6H5F3N2O3S. The molecule has 0 aliphatic heterocycles. The molecule has 0 radical (unpaired) electrons. The van der Waals surface area contributed by atoms with Crippen LogP contribution in [-0.4, -0.2) is 13.4 Å². The highest BCUT2D eigenvalue weighted by atomic mass is 32.2. The minimum absolute atomic E-state index is 0.302. The monoisotopic (exact) mass is 242 g/mol. The highest BCUT2D eigenvalue weighted by Gasteiger charge is 2.23. The van der Waals surface area contributed by atoms with E-state index in [0.29, 0.717) is 6.07 Å². The number of nitrogens with one attached hydrogen (secondary N) is 1. The number of aromatic amines is 1. The van der Waals surface area contributed by atoms with Gasteiger partial charge in [0.25, 0.3) is 6.43 Å². The van der Waals surface area contributed by atoms with Gasteiger partial charge in [-0.1, -0.05) is 0 Å². The molecule has 1 aromatic heterocycles. The molecule has 0 bridgehead atoms. The molecule has 0 fully saturated rings. The first-order valence-corrected chi connectivity index (χ1v) is 5.02. The number of rotatable bonds is 2. The molecule has 5 nitrogen and oxygen atoms in total. The summed E-state index contributed by atoms with van der Waals surface area (Å²) in [4.78, 5) is 11.0. The Bertz CT molecular complexity index is 537. The summed E-state index contributed by atoms with van der Waals surface area (Å²) in [6.45, 7) is 0. The van der Waals surface area contributed by atoms with Gasteiger partial charge in [0.1, 0.15) is 10.6 Å². The van der Waals surface area contributed by atoms with E-state index in [0.717, 1.165) is 0 Å². The zero-order valence-electron chi connectivity index (χ0n) is 7.00. The molecule has 0 unspecified atom stereocenters. The fraction of sp³-hybridized carbons (Fsp3) is 0.167. The largest absolute Gasteiger partial charge is 0.319 e. The van der Waals surface area contributed by atoms with Crippen molar-refractivity contribution in [3.8, 4) is 0 Å². The van der Waals surface area contributed by atoms with Crippen LogP contribution in [0, 0.1) is 5.82 Å².